The number of ether oxygens (including phenoxy) is 1. The monoisotopic (exact) mass is 264 g/mol. The van der Waals surface area contributed by atoms with Crippen molar-refractivity contribution < 1.29 is 14.3 Å². The fraction of sp³-hybridized carbons (Fsp3) is 0.429. The second kappa shape index (κ2) is 8.13. The summed E-state index contributed by atoms with van der Waals surface area (Å²) >= 11 is 0. The predicted molar refractivity (Wildman–Crippen MR) is 72.8 cm³/mol. The van der Waals surface area contributed by atoms with E-state index in [2.05, 4.69) is 10.6 Å². The van der Waals surface area contributed by atoms with Gasteiger partial charge in [-0.15, -0.1) is 0 Å². The van der Waals surface area contributed by atoms with Crippen LogP contribution in [0.25, 0.3) is 0 Å². The Balaban J connectivity index is 2.10. The number of nitrogens with one attached hydrogen (secondary N) is 2. The first-order valence-electron chi connectivity index (χ1n) is 6.32. The summed E-state index contributed by atoms with van der Waals surface area (Å²) in [6.45, 7) is 4.44. The number of benzene rings is 1. The molecule has 1 aromatic carbocycles. The van der Waals surface area contributed by atoms with Crippen LogP contribution in [-0.4, -0.2) is 31.5 Å². The number of hydrogen-bond acceptors (Lipinski definition) is 3. The van der Waals surface area contributed by atoms with E-state index in [-0.39, 0.29) is 24.3 Å². The summed E-state index contributed by atoms with van der Waals surface area (Å²) < 4.78 is 5.28. The minimum absolute atomic E-state index is 0.0187. The maximum Gasteiger partial charge on any atom is 0.258 e. The molecule has 104 valence electrons. The minimum atomic E-state index is -0.206. The second-order valence-electron chi connectivity index (χ2n) is 4.40. The molecule has 0 spiro atoms. The van der Waals surface area contributed by atoms with Crippen molar-refractivity contribution >= 4 is 11.8 Å². The van der Waals surface area contributed by atoms with Gasteiger partial charge in [0, 0.05) is 19.0 Å². The zero-order chi connectivity index (χ0) is 14.1. The lowest BCUT2D eigenvalue weighted by Crippen LogP contribution is -2.38. The Morgan fingerprint density at radius 3 is 2.37 bits per heavy atom. The molecule has 0 saturated heterocycles. The number of carbonyl (C=O) groups excluding carboxylic acids is 2. The molecule has 19 heavy (non-hydrogen) atoms. The molecule has 0 bridgehead atoms. The van der Waals surface area contributed by atoms with Crippen LogP contribution in [-0.2, 0) is 9.59 Å². The van der Waals surface area contributed by atoms with Gasteiger partial charge in [-0.1, -0.05) is 32.0 Å². The molecular weight excluding hydrogens is 244 g/mol. The summed E-state index contributed by atoms with van der Waals surface area (Å²) in [5.74, 6) is 0.389. The highest BCUT2D eigenvalue weighted by Gasteiger charge is 2.06. The van der Waals surface area contributed by atoms with Crippen molar-refractivity contribution in [2.75, 3.05) is 19.7 Å². The van der Waals surface area contributed by atoms with Crippen molar-refractivity contribution in [1.82, 2.24) is 10.6 Å². The van der Waals surface area contributed by atoms with Crippen molar-refractivity contribution in [3.05, 3.63) is 30.3 Å². The molecule has 2 amide bonds. The van der Waals surface area contributed by atoms with Gasteiger partial charge in [-0.3, -0.25) is 9.59 Å². The third-order valence-corrected chi connectivity index (χ3v) is 2.38. The summed E-state index contributed by atoms with van der Waals surface area (Å²) in [4.78, 5) is 22.7. The van der Waals surface area contributed by atoms with E-state index < -0.39 is 0 Å². The van der Waals surface area contributed by atoms with Crippen LogP contribution in [0.1, 0.15) is 13.8 Å². The minimum Gasteiger partial charge on any atom is -0.484 e. The van der Waals surface area contributed by atoms with E-state index in [1.54, 1.807) is 12.1 Å². The molecule has 0 aromatic heterocycles. The molecule has 5 nitrogen and oxygen atoms in total. The highest BCUT2D eigenvalue weighted by molar-refractivity contribution is 5.78. The average Bonchev–Trinajstić information content (AvgIpc) is 2.42. The van der Waals surface area contributed by atoms with Gasteiger partial charge in [0.2, 0.25) is 5.91 Å². The van der Waals surface area contributed by atoms with E-state index >= 15 is 0 Å². The zero-order valence-corrected chi connectivity index (χ0v) is 11.3. The standard InChI is InChI=1S/C14H20N2O3/c1-11(2)14(18)16-9-8-15-13(17)10-19-12-6-4-3-5-7-12/h3-7,11H,8-10H2,1-2H3,(H,15,17)(H,16,18). The third kappa shape index (κ3) is 6.45. The number of carbonyl (C=O) groups is 2. The fourth-order valence-corrected chi connectivity index (χ4v) is 1.31. The lowest BCUT2D eigenvalue weighted by Gasteiger charge is -2.09. The number of rotatable bonds is 7. The topological polar surface area (TPSA) is 67.4 Å². The van der Waals surface area contributed by atoms with E-state index in [0.29, 0.717) is 18.8 Å². The SMILES string of the molecule is CC(C)C(=O)NCCNC(=O)COc1ccccc1. The molecule has 0 fully saturated rings. The van der Waals surface area contributed by atoms with Crippen molar-refractivity contribution in [1.29, 1.82) is 0 Å². The summed E-state index contributed by atoms with van der Waals surface area (Å²) in [6, 6.07) is 9.14. The summed E-state index contributed by atoms with van der Waals surface area (Å²) in [7, 11) is 0. The largest absolute Gasteiger partial charge is 0.484 e. The quantitative estimate of drug-likeness (QED) is 0.721. The van der Waals surface area contributed by atoms with Crippen LogP contribution >= 0.6 is 0 Å². The van der Waals surface area contributed by atoms with Gasteiger partial charge in [-0.05, 0) is 12.1 Å². The molecule has 0 aliphatic heterocycles. The molecule has 0 atom stereocenters. The lowest BCUT2D eigenvalue weighted by atomic mass is 10.2. The van der Waals surface area contributed by atoms with Crippen LogP contribution in [0.5, 0.6) is 5.75 Å². The number of amides is 2. The lowest BCUT2D eigenvalue weighted by molar-refractivity contribution is -0.125. The first kappa shape index (κ1) is 15.0. The van der Waals surface area contributed by atoms with Crippen molar-refractivity contribution in [3.63, 3.8) is 0 Å². The van der Waals surface area contributed by atoms with Crippen LogP contribution in [0.3, 0.4) is 0 Å². The number of hydrogen-bond donors (Lipinski definition) is 2. The molecule has 0 unspecified atom stereocenters. The van der Waals surface area contributed by atoms with Gasteiger partial charge in [-0.25, -0.2) is 0 Å². The van der Waals surface area contributed by atoms with Gasteiger partial charge in [0.15, 0.2) is 6.61 Å². The molecule has 0 heterocycles. The highest BCUT2D eigenvalue weighted by atomic mass is 16.5. The van der Waals surface area contributed by atoms with E-state index in [1.807, 2.05) is 32.0 Å². The summed E-state index contributed by atoms with van der Waals surface area (Å²) in [5, 5.41) is 5.39. The Morgan fingerprint density at radius 1 is 1.11 bits per heavy atom. The average molecular weight is 264 g/mol. The maximum absolute atomic E-state index is 11.4. The second-order valence-corrected chi connectivity index (χ2v) is 4.40. The van der Waals surface area contributed by atoms with E-state index in [4.69, 9.17) is 4.74 Å². The third-order valence-electron chi connectivity index (χ3n) is 2.38. The molecule has 0 saturated carbocycles. The van der Waals surface area contributed by atoms with Gasteiger partial charge in [0.05, 0.1) is 0 Å². The Labute approximate surface area is 113 Å². The van der Waals surface area contributed by atoms with Crippen molar-refractivity contribution in [2.24, 2.45) is 5.92 Å². The summed E-state index contributed by atoms with van der Waals surface area (Å²) in [6.07, 6.45) is 0. The first-order valence-corrected chi connectivity index (χ1v) is 6.32. The van der Waals surface area contributed by atoms with Gasteiger partial charge in [0.25, 0.3) is 5.91 Å². The highest BCUT2D eigenvalue weighted by Crippen LogP contribution is 2.07. The van der Waals surface area contributed by atoms with E-state index in [1.165, 1.54) is 0 Å². The zero-order valence-electron chi connectivity index (χ0n) is 11.3. The molecular formula is C14H20N2O3. The normalized spacial score (nSPS) is 10.1. The Hall–Kier alpha value is -2.04. The molecule has 2 N–H and O–H groups in total. The van der Waals surface area contributed by atoms with Gasteiger partial charge < -0.3 is 15.4 Å². The molecule has 1 aromatic rings. The Kier molecular flexibility index (Phi) is 6.43. The van der Waals surface area contributed by atoms with Gasteiger partial charge in [-0.2, -0.15) is 0 Å². The van der Waals surface area contributed by atoms with Gasteiger partial charge in [0.1, 0.15) is 5.75 Å². The molecule has 0 aliphatic carbocycles. The van der Waals surface area contributed by atoms with Crippen LogP contribution in [0.4, 0.5) is 0 Å². The van der Waals surface area contributed by atoms with Gasteiger partial charge >= 0.3 is 0 Å². The van der Waals surface area contributed by atoms with E-state index in [9.17, 15) is 9.59 Å². The van der Waals surface area contributed by atoms with Crippen LogP contribution < -0.4 is 15.4 Å². The predicted octanol–water partition coefficient (Wildman–Crippen LogP) is 0.954. The van der Waals surface area contributed by atoms with Crippen LogP contribution in [0, 0.1) is 5.92 Å². The first-order chi connectivity index (χ1) is 9.09. The van der Waals surface area contributed by atoms with Crippen molar-refractivity contribution in [3.8, 4) is 5.75 Å². The van der Waals surface area contributed by atoms with Crippen LogP contribution in [0.2, 0.25) is 0 Å². The smallest absolute Gasteiger partial charge is 0.258 e. The molecule has 0 aliphatic rings. The van der Waals surface area contributed by atoms with Crippen molar-refractivity contribution in [2.45, 2.75) is 13.8 Å². The van der Waals surface area contributed by atoms with E-state index in [0.717, 1.165) is 0 Å². The number of para-hydroxylation sites is 1. The maximum atomic E-state index is 11.4. The van der Waals surface area contributed by atoms with Crippen LogP contribution in [0.15, 0.2) is 30.3 Å². The summed E-state index contributed by atoms with van der Waals surface area (Å²) in [5.41, 5.74) is 0. The molecule has 0 radical (unpaired) electrons. The Bertz CT molecular complexity index is 404. The molecule has 5 heteroatoms. The molecule has 1 rings (SSSR count). The fourth-order valence-electron chi connectivity index (χ4n) is 1.31. The Morgan fingerprint density at radius 2 is 1.74 bits per heavy atom.